The Kier molecular flexibility index (Phi) is 2.48. The summed E-state index contributed by atoms with van der Waals surface area (Å²) in [5, 5.41) is 17.1. The summed E-state index contributed by atoms with van der Waals surface area (Å²) in [6, 6.07) is 2.17. The molecule has 1 N–H and O–H groups in total. The van der Waals surface area contributed by atoms with Gasteiger partial charge in [-0.05, 0) is 25.7 Å². The Morgan fingerprint density at radius 1 is 1.36 bits per heavy atom. The lowest BCUT2D eigenvalue weighted by molar-refractivity contribution is -0.142. The van der Waals surface area contributed by atoms with Crippen molar-refractivity contribution >= 4 is 5.97 Å². The van der Waals surface area contributed by atoms with Crippen molar-refractivity contribution in [2.45, 2.75) is 25.7 Å². The molecule has 0 aliphatic heterocycles. The van der Waals surface area contributed by atoms with E-state index in [0.717, 1.165) is 12.8 Å². The van der Waals surface area contributed by atoms with Crippen molar-refractivity contribution in [2.75, 3.05) is 0 Å². The molecule has 0 amide bonds. The summed E-state index contributed by atoms with van der Waals surface area (Å²) >= 11 is 0. The first kappa shape index (κ1) is 8.06. The number of carboxylic acids is 1. The zero-order chi connectivity index (χ0) is 8.27. The topological polar surface area (TPSA) is 61.1 Å². The van der Waals surface area contributed by atoms with Gasteiger partial charge in [-0.25, -0.2) is 0 Å². The summed E-state index contributed by atoms with van der Waals surface area (Å²) in [5.74, 6) is -0.799. The number of carbonyl (C=O) groups is 1. The van der Waals surface area contributed by atoms with Crippen molar-refractivity contribution in [3.05, 3.63) is 0 Å². The lowest BCUT2D eigenvalue weighted by atomic mass is 9.83. The van der Waals surface area contributed by atoms with Crippen LogP contribution in [0.3, 0.4) is 0 Å². The van der Waals surface area contributed by atoms with Gasteiger partial charge in [0.05, 0.1) is 12.0 Å². The molecule has 0 aromatic heterocycles. The van der Waals surface area contributed by atoms with E-state index >= 15 is 0 Å². The van der Waals surface area contributed by atoms with Gasteiger partial charge in [-0.15, -0.1) is 0 Å². The van der Waals surface area contributed by atoms with Gasteiger partial charge in [-0.2, -0.15) is 5.26 Å². The van der Waals surface area contributed by atoms with Gasteiger partial charge in [-0.3, -0.25) is 4.79 Å². The summed E-state index contributed by atoms with van der Waals surface area (Å²) in [7, 11) is 0. The van der Waals surface area contributed by atoms with Gasteiger partial charge in [0.1, 0.15) is 0 Å². The highest BCUT2D eigenvalue weighted by molar-refractivity contribution is 5.70. The highest BCUT2D eigenvalue weighted by Gasteiger charge is 2.25. The molecule has 3 heteroatoms. The number of aliphatic carboxylic acids is 1. The Morgan fingerprint density at radius 2 is 1.91 bits per heavy atom. The second-order valence-corrected chi connectivity index (χ2v) is 3.02. The molecule has 0 heterocycles. The van der Waals surface area contributed by atoms with Crippen LogP contribution in [0.5, 0.6) is 0 Å². The molecular formula is C8H11NO2. The minimum atomic E-state index is -0.707. The lowest BCUT2D eigenvalue weighted by Gasteiger charge is -2.20. The molecule has 0 aromatic carbocycles. The molecule has 11 heavy (non-hydrogen) atoms. The number of nitrogens with zero attached hydrogens (tertiary/aromatic N) is 1. The van der Waals surface area contributed by atoms with E-state index in [0.29, 0.717) is 12.8 Å². The quantitative estimate of drug-likeness (QED) is 0.619. The molecule has 0 unspecified atom stereocenters. The van der Waals surface area contributed by atoms with Crippen molar-refractivity contribution in [1.82, 2.24) is 0 Å². The van der Waals surface area contributed by atoms with Crippen LogP contribution in [-0.2, 0) is 4.79 Å². The van der Waals surface area contributed by atoms with Crippen LogP contribution in [0.1, 0.15) is 25.7 Å². The Morgan fingerprint density at radius 3 is 2.27 bits per heavy atom. The maximum Gasteiger partial charge on any atom is 0.306 e. The first-order valence-corrected chi connectivity index (χ1v) is 3.86. The van der Waals surface area contributed by atoms with Gasteiger partial charge in [0.2, 0.25) is 0 Å². The predicted octanol–water partition coefficient (Wildman–Crippen LogP) is 1.40. The summed E-state index contributed by atoms with van der Waals surface area (Å²) in [4.78, 5) is 10.5. The van der Waals surface area contributed by atoms with E-state index in [1.165, 1.54) is 0 Å². The van der Waals surface area contributed by atoms with Crippen LogP contribution in [0, 0.1) is 23.2 Å². The summed E-state index contributed by atoms with van der Waals surface area (Å²) in [5.41, 5.74) is 0. The van der Waals surface area contributed by atoms with E-state index in [1.54, 1.807) is 0 Å². The molecule has 1 fully saturated rings. The van der Waals surface area contributed by atoms with E-state index < -0.39 is 5.97 Å². The van der Waals surface area contributed by atoms with Gasteiger partial charge < -0.3 is 5.11 Å². The second-order valence-electron chi connectivity index (χ2n) is 3.02. The maximum atomic E-state index is 10.5. The van der Waals surface area contributed by atoms with E-state index in [9.17, 15) is 4.79 Å². The molecular weight excluding hydrogens is 142 g/mol. The van der Waals surface area contributed by atoms with Crippen LogP contribution in [0.15, 0.2) is 0 Å². The molecule has 0 spiro atoms. The minimum Gasteiger partial charge on any atom is -0.481 e. The fourth-order valence-corrected chi connectivity index (χ4v) is 1.47. The Labute approximate surface area is 65.6 Å². The average molecular weight is 153 g/mol. The third kappa shape index (κ3) is 1.94. The third-order valence-corrected chi connectivity index (χ3v) is 2.26. The molecule has 1 rings (SSSR count). The average Bonchev–Trinajstić information content (AvgIpc) is 2.05. The number of rotatable bonds is 1. The molecule has 0 radical (unpaired) electrons. The molecule has 0 aromatic rings. The fourth-order valence-electron chi connectivity index (χ4n) is 1.47. The van der Waals surface area contributed by atoms with Gasteiger partial charge >= 0.3 is 5.97 Å². The fraction of sp³-hybridized carbons (Fsp3) is 0.750. The van der Waals surface area contributed by atoms with Crippen molar-refractivity contribution < 1.29 is 9.90 Å². The van der Waals surface area contributed by atoms with Gasteiger partial charge in [0.15, 0.2) is 0 Å². The van der Waals surface area contributed by atoms with Crippen molar-refractivity contribution in [3.63, 3.8) is 0 Å². The van der Waals surface area contributed by atoms with E-state index in [4.69, 9.17) is 10.4 Å². The molecule has 60 valence electrons. The van der Waals surface area contributed by atoms with Crippen molar-refractivity contribution in [2.24, 2.45) is 11.8 Å². The van der Waals surface area contributed by atoms with Crippen molar-refractivity contribution in [3.8, 4) is 6.07 Å². The second kappa shape index (κ2) is 3.38. The molecule has 0 saturated heterocycles. The van der Waals surface area contributed by atoms with Gasteiger partial charge in [0.25, 0.3) is 0 Å². The molecule has 3 nitrogen and oxygen atoms in total. The van der Waals surface area contributed by atoms with Crippen LogP contribution in [0.25, 0.3) is 0 Å². The molecule has 0 bridgehead atoms. The SMILES string of the molecule is N#CC1CCC(C(=O)O)CC1. The molecule has 1 saturated carbocycles. The van der Waals surface area contributed by atoms with Crippen LogP contribution in [0.2, 0.25) is 0 Å². The number of hydrogen-bond donors (Lipinski definition) is 1. The molecule has 0 atom stereocenters. The van der Waals surface area contributed by atoms with Crippen LogP contribution in [0.4, 0.5) is 0 Å². The lowest BCUT2D eigenvalue weighted by Crippen LogP contribution is -2.20. The maximum absolute atomic E-state index is 10.5. The van der Waals surface area contributed by atoms with Crippen LogP contribution in [-0.4, -0.2) is 11.1 Å². The normalized spacial score (nSPS) is 30.8. The Hall–Kier alpha value is -1.04. The zero-order valence-electron chi connectivity index (χ0n) is 6.29. The largest absolute Gasteiger partial charge is 0.481 e. The zero-order valence-corrected chi connectivity index (χ0v) is 6.29. The van der Waals surface area contributed by atoms with E-state index in [2.05, 4.69) is 6.07 Å². The van der Waals surface area contributed by atoms with Crippen LogP contribution >= 0.6 is 0 Å². The first-order valence-electron chi connectivity index (χ1n) is 3.86. The van der Waals surface area contributed by atoms with Gasteiger partial charge in [-0.1, -0.05) is 0 Å². The summed E-state index contributed by atoms with van der Waals surface area (Å²) in [6.45, 7) is 0. The van der Waals surface area contributed by atoms with Crippen molar-refractivity contribution in [1.29, 1.82) is 5.26 Å². The Bertz CT molecular complexity index is 187. The van der Waals surface area contributed by atoms with E-state index in [-0.39, 0.29) is 11.8 Å². The highest BCUT2D eigenvalue weighted by atomic mass is 16.4. The highest BCUT2D eigenvalue weighted by Crippen LogP contribution is 2.27. The minimum absolute atomic E-state index is 0.102. The smallest absolute Gasteiger partial charge is 0.306 e. The molecule has 1 aliphatic carbocycles. The van der Waals surface area contributed by atoms with E-state index in [1.807, 2.05) is 0 Å². The molecule has 1 aliphatic rings. The van der Waals surface area contributed by atoms with Crippen LogP contribution < -0.4 is 0 Å². The number of nitriles is 1. The standard InChI is InChI=1S/C8H11NO2/c9-5-6-1-3-7(4-2-6)8(10)11/h6-7H,1-4H2,(H,10,11). The third-order valence-electron chi connectivity index (χ3n) is 2.26. The summed E-state index contributed by atoms with van der Waals surface area (Å²) in [6.07, 6.45) is 2.86. The van der Waals surface area contributed by atoms with Gasteiger partial charge in [0, 0.05) is 5.92 Å². The number of carboxylic acid groups (broad SMARTS) is 1. The predicted molar refractivity (Wildman–Crippen MR) is 38.7 cm³/mol. The number of hydrogen-bond acceptors (Lipinski definition) is 2. The monoisotopic (exact) mass is 153 g/mol. The first-order chi connectivity index (χ1) is 5.24. The summed E-state index contributed by atoms with van der Waals surface area (Å²) < 4.78 is 0. The Balaban J connectivity index is 2.37.